The minimum absolute atomic E-state index is 0.0205. The van der Waals surface area contributed by atoms with E-state index in [-0.39, 0.29) is 12.7 Å². The van der Waals surface area contributed by atoms with E-state index in [2.05, 4.69) is 0 Å². The molecule has 0 radical (unpaired) electrons. The first-order valence-electron chi connectivity index (χ1n) is 5.18. The van der Waals surface area contributed by atoms with Gasteiger partial charge >= 0.3 is 0 Å². The van der Waals surface area contributed by atoms with Crippen LogP contribution in [0.4, 0.5) is 0 Å². The van der Waals surface area contributed by atoms with Crippen molar-refractivity contribution in [1.82, 2.24) is 0 Å². The van der Waals surface area contributed by atoms with Crippen LogP contribution in [0.1, 0.15) is 13.3 Å². The number of aliphatic hydroxyl groups excluding tert-OH is 2. The quantitative estimate of drug-likeness (QED) is 0.543. The fourth-order valence-corrected chi connectivity index (χ4v) is 1.86. The van der Waals surface area contributed by atoms with Crippen LogP contribution in [-0.2, 0) is 9.47 Å². The molecule has 0 saturated carbocycles. The molecule has 92 valence electrons. The predicted octanol–water partition coefficient (Wildman–Crippen LogP) is 0.514. The van der Waals surface area contributed by atoms with Crippen molar-refractivity contribution in [2.45, 2.75) is 25.6 Å². The maximum atomic E-state index is 9.52. The zero-order valence-electron chi connectivity index (χ0n) is 9.52. The molecule has 0 fully saturated rings. The third-order valence-corrected chi connectivity index (χ3v) is 2.93. The Labute approximate surface area is 96.0 Å². The van der Waals surface area contributed by atoms with Gasteiger partial charge in [0.2, 0.25) is 0 Å². The molecule has 2 atom stereocenters. The molecule has 0 aliphatic heterocycles. The Hall–Kier alpha value is 0.190. The summed E-state index contributed by atoms with van der Waals surface area (Å²) in [5.41, 5.74) is 0. The van der Waals surface area contributed by atoms with E-state index < -0.39 is 6.10 Å². The molecule has 0 saturated heterocycles. The van der Waals surface area contributed by atoms with Gasteiger partial charge in [0.25, 0.3) is 0 Å². The molecule has 0 rings (SSSR count). The number of hydrogen-bond donors (Lipinski definition) is 2. The van der Waals surface area contributed by atoms with Gasteiger partial charge in [0.05, 0.1) is 25.4 Å². The third-order valence-electron chi connectivity index (χ3n) is 1.73. The van der Waals surface area contributed by atoms with Crippen LogP contribution in [0.2, 0.25) is 0 Å². The Bertz CT molecular complexity index is 135. The SMILES string of the molecule is COCC(C)OCC(O)CSCCCO. The largest absolute Gasteiger partial charge is 0.396 e. The first kappa shape index (κ1) is 15.2. The van der Waals surface area contributed by atoms with E-state index in [1.165, 1.54) is 0 Å². The highest BCUT2D eigenvalue weighted by Gasteiger charge is 2.07. The number of methoxy groups -OCH3 is 1. The lowest BCUT2D eigenvalue weighted by molar-refractivity contribution is -0.0257. The Kier molecular flexibility index (Phi) is 10.8. The van der Waals surface area contributed by atoms with E-state index in [4.69, 9.17) is 14.6 Å². The van der Waals surface area contributed by atoms with Crippen molar-refractivity contribution >= 4 is 11.8 Å². The van der Waals surface area contributed by atoms with E-state index >= 15 is 0 Å². The Morgan fingerprint density at radius 1 is 1.33 bits per heavy atom. The summed E-state index contributed by atoms with van der Waals surface area (Å²) in [4.78, 5) is 0. The van der Waals surface area contributed by atoms with Crippen molar-refractivity contribution in [3.8, 4) is 0 Å². The van der Waals surface area contributed by atoms with Crippen LogP contribution in [0.15, 0.2) is 0 Å². The second-order valence-corrected chi connectivity index (χ2v) is 4.56. The van der Waals surface area contributed by atoms with Crippen LogP contribution in [0.3, 0.4) is 0 Å². The van der Waals surface area contributed by atoms with Crippen LogP contribution in [0, 0.1) is 0 Å². The van der Waals surface area contributed by atoms with Crippen LogP contribution in [-0.4, -0.2) is 60.9 Å². The van der Waals surface area contributed by atoms with Gasteiger partial charge in [-0.3, -0.25) is 0 Å². The van der Waals surface area contributed by atoms with Crippen molar-refractivity contribution in [2.24, 2.45) is 0 Å². The molecule has 2 unspecified atom stereocenters. The standard InChI is InChI=1S/C10H22O4S/c1-9(6-13-2)14-7-10(12)8-15-5-3-4-11/h9-12H,3-8H2,1-2H3. The summed E-state index contributed by atoms with van der Waals surface area (Å²) in [6, 6.07) is 0. The van der Waals surface area contributed by atoms with Gasteiger partial charge in [0, 0.05) is 19.5 Å². The first-order chi connectivity index (χ1) is 7.20. The number of rotatable bonds is 10. The molecule has 0 aromatic carbocycles. The molecule has 0 bridgehead atoms. The van der Waals surface area contributed by atoms with Crippen LogP contribution in [0.25, 0.3) is 0 Å². The van der Waals surface area contributed by atoms with Crippen molar-refractivity contribution in [3.63, 3.8) is 0 Å². The highest BCUT2D eigenvalue weighted by molar-refractivity contribution is 7.99. The third kappa shape index (κ3) is 10.5. The van der Waals surface area contributed by atoms with Gasteiger partial charge in [-0.15, -0.1) is 0 Å². The van der Waals surface area contributed by atoms with E-state index in [1.807, 2.05) is 6.92 Å². The average Bonchev–Trinajstić information content (AvgIpc) is 2.22. The molecule has 0 amide bonds. The summed E-state index contributed by atoms with van der Waals surface area (Å²) in [6.07, 6.45) is 0.360. The molecule has 0 spiro atoms. The molecular weight excluding hydrogens is 216 g/mol. The van der Waals surface area contributed by atoms with Crippen molar-refractivity contribution in [1.29, 1.82) is 0 Å². The maximum Gasteiger partial charge on any atom is 0.0863 e. The van der Waals surface area contributed by atoms with Crippen molar-refractivity contribution < 1.29 is 19.7 Å². The van der Waals surface area contributed by atoms with Crippen LogP contribution < -0.4 is 0 Å². The van der Waals surface area contributed by atoms with E-state index in [9.17, 15) is 5.11 Å². The first-order valence-corrected chi connectivity index (χ1v) is 6.33. The summed E-state index contributed by atoms with van der Waals surface area (Å²) >= 11 is 1.63. The number of aliphatic hydroxyl groups is 2. The summed E-state index contributed by atoms with van der Waals surface area (Å²) in [6.45, 7) is 3.01. The van der Waals surface area contributed by atoms with E-state index in [0.29, 0.717) is 19.0 Å². The van der Waals surface area contributed by atoms with Gasteiger partial charge in [-0.05, 0) is 19.1 Å². The Morgan fingerprint density at radius 3 is 2.67 bits per heavy atom. The topological polar surface area (TPSA) is 58.9 Å². The van der Waals surface area contributed by atoms with E-state index in [0.717, 1.165) is 12.2 Å². The fraction of sp³-hybridized carbons (Fsp3) is 1.00. The van der Waals surface area contributed by atoms with Gasteiger partial charge in [-0.25, -0.2) is 0 Å². The van der Waals surface area contributed by atoms with Gasteiger partial charge in [-0.2, -0.15) is 11.8 Å². The molecule has 0 aromatic rings. The number of ether oxygens (including phenoxy) is 2. The lowest BCUT2D eigenvalue weighted by atomic mass is 10.4. The molecule has 2 N–H and O–H groups in total. The minimum atomic E-state index is -0.437. The average molecular weight is 238 g/mol. The van der Waals surface area contributed by atoms with Gasteiger partial charge < -0.3 is 19.7 Å². The maximum absolute atomic E-state index is 9.52. The zero-order valence-corrected chi connectivity index (χ0v) is 10.3. The summed E-state index contributed by atoms with van der Waals surface area (Å²) < 4.78 is 10.3. The van der Waals surface area contributed by atoms with Gasteiger partial charge in [-0.1, -0.05) is 0 Å². The summed E-state index contributed by atoms with van der Waals surface area (Å²) in [7, 11) is 1.63. The molecule has 4 nitrogen and oxygen atoms in total. The molecular formula is C10H22O4S. The molecule has 5 heteroatoms. The number of hydrogen-bond acceptors (Lipinski definition) is 5. The van der Waals surface area contributed by atoms with Crippen LogP contribution in [0.5, 0.6) is 0 Å². The van der Waals surface area contributed by atoms with E-state index in [1.54, 1.807) is 18.9 Å². The zero-order chi connectivity index (χ0) is 11.5. The monoisotopic (exact) mass is 238 g/mol. The fourth-order valence-electron chi connectivity index (χ4n) is 0.992. The molecule has 0 aliphatic carbocycles. The minimum Gasteiger partial charge on any atom is -0.396 e. The summed E-state index contributed by atoms with van der Waals surface area (Å²) in [5.74, 6) is 1.53. The second-order valence-electron chi connectivity index (χ2n) is 3.41. The highest BCUT2D eigenvalue weighted by atomic mass is 32.2. The van der Waals surface area contributed by atoms with Crippen LogP contribution >= 0.6 is 11.8 Å². The predicted molar refractivity (Wildman–Crippen MR) is 62.3 cm³/mol. The molecule has 0 aliphatic rings. The number of thioether (sulfide) groups is 1. The molecule has 0 aromatic heterocycles. The normalized spacial score (nSPS) is 15.2. The molecule has 15 heavy (non-hydrogen) atoms. The van der Waals surface area contributed by atoms with Crippen molar-refractivity contribution in [3.05, 3.63) is 0 Å². The Morgan fingerprint density at radius 2 is 2.07 bits per heavy atom. The smallest absolute Gasteiger partial charge is 0.0863 e. The second kappa shape index (κ2) is 10.7. The summed E-state index contributed by atoms with van der Waals surface area (Å²) in [5, 5.41) is 18.1. The van der Waals surface area contributed by atoms with Gasteiger partial charge in [0.1, 0.15) is 0 Å². The van der Waals surface area contributed by atoms with Crippen molar-refractivity contribution in [2.75, 3.05) is 38.4 Å². The molecule has 0 heterocycles. The van der Waals surface area contributed by atoms with Gasteiger partial charge in [0.15, 0.2) is 0 Å². The lowest BCUT2D eigenvalue weighted by Crippen LogP contribution is -2.24. The lowest BCUT2D eigenvalue weighted by Gasteiger charge is -2.15. The Balaban J connectivity index is 3.28. The highest BCUT2D eigenvalue weighted by Crippen LogP contribution is 2.05.